The number of nitrogens with two attached hydrogens (primary N) is 1. The average molecular weight is 264 g/mol. The predicted molar refractivity (Wildman–Crippen MR) is 74.7 cm³/mol. The highest BCUT2D eigenvalue weighted by atomic mass is 35.5. The first-order valence-electron chi connectivity index (χ1n) is 6.11. The molecular weight excluding hydrogens is 246 g/mol. The van der Waals surface area contributed by atoms with Crippen molar-refractivity contribution in [3.63, 3.8) is 0 Å². The highest BCUT2D eigenvalue weighted by Crippen LogP contribution is 2.17. The molecule has 0 saturated heterocycles. The van der Waals surface area contributed by atoms with E-state index < -0.39 is 0 Å². The summed E-state index contributed by atoms with van der Waals surface area (Å²) in [6, 6.07) is 8.00. The standard InChI is InChI=1S/C14H18ClN3/c1-18-10-11(9-17-18)6-7-13(16)8-12-4-2-3-5-14(12)15/h2-5,9-10,13H,6-8,16H2,1H3. The Morgan fingerprint density at radius 2 is 2.17 bits per heavy atom. The number of benzene rings is 1. The molecule has 96 valence electrons. The minimum Gasteiger partial charge on any atom is -0.327 e. The lowest BCUT2D eigenvalue weighted by Crippen LogP contribution is -2.23. The van der Waals surface area contributed by atoms with E-state index in [0.717, 1.165) is 29.8 Å². The summed E-state index contributed by atoms with van der Waals surface area (Å²) in [5.41, 5.74) is 8.50. The van der Waals surface area contributed by atoms with E-state index in [1.807, 2.05) is 48.4 Å². The van der Waals surface area contributed by atoms with Gasteiger partial charge in [0.05, 0.1) is 6.20 Å². The summed E-state index contributed by atoms with van der Waals surface area (Å²) < 4.78 is 1.81. The maximum absolute atomic E-state index is 6.14. The molecule has 0 amide bonds. The van der Waals surface area contributed by atoms with Crippen LogP contribution in [0.5, 0.6) is 0 Å². The van der Waals surface area contributed by atoms with Gasteiger partial charge in [-0.3, -0.25) is 4.68 Å². The van der Waals surface area contributed by atoms with Gasteiger partial charge in [-0.25, -0.2) is 0 Å². The van der Waals surface area contributed by atoms with Crippen LogP contribution in [0, 0.1) is 0 Å². The molecule has 3 nitrogen and oxygen atoms in total. The minimum absolute atomic E-state index is 0.130. The van der Waals surface area contributed by atoms with Gasteiger partial charge in [-0.1, -0.05) is 29.8 Å². The van der Waals surface area contributed by atoms with Gasteiger partial charge in [0.15, 0.2) is 0 Å². The van der Waals surface area contributed by atoms with E-state index in [0.29, 0.717) is 0 Å². The first kappa shape index (κ1) is 13.1. The van der Waals surface area contributed by atoms with E-state index in [9.17, 15) is 0 Å². The lowest BCUT2D eigenvalue weighted by molar-refractivity contribution is 0.610. The van der Waals surface area contributed by atoms with Crippen LogP contribution in [0.3, 0.4) is 0 Å². The van der Waals surface area contributed by atoms with Crippen LogP contribution in [0.4, 0.5) is 0 Å². The molecule has 1 unspecified atom stereocenters. The fourth-order valence-electron chi connectivity index (χ4n) is 2.00. The summed E-state index contributed by atoms with van der Waals surface area (Å²) in [7, 11) is 1.92. The van der Waals surface area contributed by atoms with Gasteiger partial charge in [-0.15, -0.1) is 0 Å². The number of rotatable bonds is 5. The average Bonchev–Trinajstić information content (AvgIpc) is 2.76. The van der Waals surface area contributed by atoms with Crippen LogP contribution in [-0.4, -0.2) is 15.8 Å². The molecule has 2 aromatic rings. The van der Waals surface area contributed by atoms with Crippen molar-refractivity contribution in [1.82, 2.24) is 9.78 Å². The van der Waals surface area contributed by atoms with Crippen LogP contribution in [0.15, 0.2) is 36.7 Å². The van der Waals surface area contributed by atoms with E-state index in [-0.39, 0.29) is 6.04 Å². The summed E-state index contributed by atoms with van der Waals surface area (Å²) in [5.74, 6) is 0. The molecule has 1 aromatic heterocycles. The smallest absolute Gasteiger partial charge is 0.0521 e. The zero-order chi connectivity index (χ0) is 13.0. The van der Waals surface area contributed by atoms with Gasteiger partial charge < -0.3 is 5.73 Å². The van der Waals surface area contributed by atoms with Crippen LogP contribution >= 0.6 is 11.6 Å². The largest absolute Gasteiger partial charge is 0.327 e. The van der Waals surface area contributed by atoms with E-state index >= 15 is 0 Å². The van der Waals surface area contributed by atoms with Crippen molar-refractivity contribution >= 4 is 11.6 Å². The van der Waals surface area contributed by atoms with Crippen LogP contribution in [0.25, 0.3) is 0 Å². The van der Waals surface area contributed by atoms with E-state index in [2.05, 4.69) is 5.10 Å². The van der Waals surface area contributed by atoms with Crippen molar-refractivity contribution in [2.45, 2.75) is 25.3 Å². The number of hydrogen-bond donors (Lipinski definition) is 1. The Morgan fingerprint density at radius 3 is 2.83 bits per heavy atom. The second kappa shape index (κ2) is 6.03. The fraction of sp³-hybridized carbons (Fsp3) is 0.357. The van der Waals surface area contributed by atoms with Crippen molar-refractivity contribution in [2.75, 3.05) is 0 Å². The van der Waals surface area contributed by atoms with Crippen molar-refractivity contribution in [3.05, 3.63) is 52.8 Å². The van der Waals surface area contributed by atoms with Crippen molar-refractivity contribution < 1.29 is 0 Å². The SMILES string of the molecule is Cn1cc(CCC(N)Cc2ccccc2Cl)cn1. The molecule has 1 heterocycles. The minimum atomic E-state index is 0.130. The Morgan fingerprint density at radius 1 is 1.39 bits per heavy atom. The molecule has 0 spiro atoms. The van der Waals surface area contributed by atoms with E-state index in [1.165, 1.54) is 5.56 Å². The zero-order valence-electron chi connectivity index (χ0n) is 10.5. The maximum Gasteiger partial charge on any atom is 0.0521 e. The summed E-state index contributed by atoms with van der Waals surface area (Å²) in [6.07, 6.45) is 6.64. The number of nitrogens with zero attached hydrogens (tertiary/aromatic N) is 2. The van der Waals surface area contributed by atoms with Gasteiger partial charge in [0, 0.05) is 24.3 Å². The van der Waals surface area contributed by atoms with Gasteiger partial charge in [0.25, 0.3) is 0 Å². The molecule has 0 aliphatic heterocycles. The van der Waals surface area contributed by atoms with Gasteiger partial charge >= 0.3 is 0 Å². The van der Waals surface area contributed by atoms with Crippen LogP contribution in [0.1, 0.15) is 17.5 Å². The van der Waals surface area contributed by atoms with Crippen LogP contribution in [-0.2, 0) is 19.9 Å². The third-order valence-corrected chi connectivity index (χ3v) is 3.37. The molecule has 0 aliphatic rings. The van der Waals surface area contributed by atoms with Gasteiger partial charge in [0.1, 0.15) is 0 Å². The topological polar surface area (TPSA) is 43.8 Å². The predicted octanol–water partition coefficient (Wildman–Crippen LogP) is 2.58. The molecule has 1 aromatic carbocycles. The Labute approximate surface area is 113 Å². The highest BCUT2D eigenvalue weighted by Gasteiger charge is 2.07. The molecule has 2 N–H and O–H groups in total. The zero-order valence-corrected chi connectivity index (χ0v) is 11.3. The molecular formula is C14H18ClN3. The first-order valence-corrected chi connectivity index (χ1v) is 6.49. The molecule has 0 aliphatic carbocycles. The third-order valence-electron chi connectivity index (χ3n) is 3.00. The highest BCUT2D eigenvalue weighted by molar-refractivity contribution is 6.31. The monoisotopic (exact) mass is 263 g/mol. The van der Waals surface area contributed by atoms with Crippen LogP contribution in [0.2, 0.25) is 5.02 Å². The van der Waals surface area contributed by atoms with Crippen molar-refractivity contribution in [1.29, 1.82) is 0 Å². The molecule has 0 saturated carbocycles. The molecule has 2 rings (SSSR count). The van der Waals surface area contributed by atoms with Gasteiger partial charge in [-0.05, 0) is 36.5 Å². The van der Waals surface area contributed by atoms with Gasteiger partial charge in [-0.2, -0.15) is 5.10 Å². The molecule has 0 radical (unpaired) electrons. The lowest BCUT2D eigenvalue weighted by atomic mass is 10.0. The number of halogens is 1. The summed E-state index contributed by atoms with van der Waals surface area (Å²) >= 11 is 6.12. The second-order valence-electron chi connectivity index (χ2n) is 4.62. The first-order chi connectivity index (χ1) is 8.65. The van der Waals surface area contributed by atoms with Gasteiger partial charge in [0.2, 0.25) is 0 Å². The lowest BCUT2D eigenvalue weighted by Gasteiger charge is -2.12. The number of hydrogen-bond acceptors (Lipinski definition) is 2. The Kier molecular flexibility index (Phi) is 4.39. The summed E-state index contributed by atoms with van der Waals surface area (Å²) in [4.78, 5) is 0. The second-order valence-corrected chi connectivity index (χ2v) is 5.02. The summed E-state index contributed by atoms with van der Waals surface area (Å²) in [5, 5.41) is 4.95. The number of aryl methyl sites for hydroxylation is 2. The van der Waals surface area contributed by atoms with Crippen LogP contribution < -0.4 is 5.73 Å². The van der Waals surface area contributed by atoms with Crippen molar-refractivity contribution in [3.8, 4) is 0 Å². The third kappa shape index (κ3) is 3.59. The summed E-state index contributed by atoms with van der Waals surface area (Å²) in [6.45, 7) is 0. The number of aromatic nitrogens is 2. The molecule has 0 fully saturated rings. The van der Waals surface area contributed by atoms with Crippen molar-refractivity contribution in [2.24, 2.45) is 12.8 Å². The quantitative estimate of drug-likeness (QED) is 0.901. The Balaban J connectivity index is 1.85. The normalized spacial score (nSPS) is 12.6. The molecule has 0 bridgehead atoms. The molecule has 1 atom stereocenters. The van der Waals surface area contributed by atoms with E-state index in [4.69, 9.17) is 17.3 Å². The molecule has 4 heteroatoms. The van der Waals surface area contributed by atoms with E-state index in [1.54, 1.807) is 0 Å². The Bertz CT molecular complexity index is 507. The Hall–Kier alpha value is -1.32. The molecule has 18 heavy (non-hydrogen) atoms. The fourth-order valence-corrected chi connectivity index (χ4v) is 2.21. The maximum atomic E-state index is 6.14.